The normalized spacial score (nSPS) is 12.2. The minimum absolute atomic E-state index is 0.0718. The van der Waals surface area contributed by atoms with E-state index < -0.39 is 6.10 Å². The molecule has 0 aliphatic rings. The van der Waals surface area contributed by atoms with Crippen molar-refractivity contribution in [2.45, 2.75) is 25.9 Å². The van der Waals surface area contributed by atoms with Crippen molar-refractivity contribution in [2.75, 3.05) is 5.32 Å². The zero-order chi connectivity index (χ0) is 14.5. The van der Waals surface area contributed by atoms with Gasteiger partial charge in [-0.25, -0.2) is 0 Å². The van der Waals surface area contributed by atoms with Crippen LogP contribution in [-0.4, -0.2) is 26.2 Å². The molecule has 0 fully saturated rings. The van der Waals surface area contributed by atoms with Crippen molar-refractivity contribution in [3.63, 3.8) is 0 Å². The predicted molar refractivity (Wildman–Crippen MR) is 75.4 cm³/mol. The van der Waals surface area contributed by atoms with E-state index >= 15 is 0 Å². The summed E-state index contributed by atoms with van der Waals surface area (Å²) in [5.41, 5.74) is 0.633. The van der Waals surface area contributed by atoms with Crippen LogP contribution in [0, 0.1) is 0 Å². The van der Waals surface area contributed by atoms with E-state index in [1.807, 2.05) is 6.92 Å². The third kappa shape index (κ3) is 3.79. The van der Waals surface area contributed by atoms with E-state index in [9.17, 15) is 9.90 Å². The highest BCUT2D eigenvalue weighted by molar-refractivity contribution is 6.30. The molecule has 0 saturated carbocycles. The number of halogens is 1. The van der Waals surface area contributed by atoms with E-state index in [0.29, 0.717) is 22.8 Å². The second-order valence-corrected chi connectivity index (χ2v) is 4.72. The number of benzene rings is 1. The van der Waals surface area contributed by atoms with E-state index in [1.54, 1.807) is 24.3 Å². The fraction of sp³-hybridized carbons (Fsp3) is 0.308. The van der Waals surface area contributed by atoms with Gasteiger partial charge in [0.1, 0.15) is 5.82 Å². The van der Waals surface area contributed by atoms with Crippen molar-refractivity contribution in [3.05, 3.63) is 40.7 Å². The summed E-state index contributed by atoms with van der Waals surface area (Å²) in [6.07, 6.45) is -0.259. The summed E-state index contributed by atoms with van der Waals surface area (Å²) in [4.78, 5) is 15.8. The Bertz CT molecular complexity index is 582. The number of carbonyl (C=O) groups excluding carboxylic acids is 1. The largest absolute Gasteiger partial charge is 0.388 e. The molecule has 0 saturated heterocycles. The van der Waals surface area contributed by atoms with E-state index in [4.69, 9.17) is 11.6 Å². The molecule has 0 aliphatic carbocycles. The molecule has 106 valence electrons. The number of aromatic amines is 1. The van der Waals surface area contributed by atoms with Gasteiger partial charge in [0, 0.05) is 11.4 Å². The van der Waals surface area contributed by atoms with Crippen LogP contribution in [0.3, 0.4) is 0 Å². The highest BCUT2D eigenvalue weighted by Gasteiger charge is 2.14. The number of nitrogens with zero attached hydrogens (tertiary/aromatic N) is 2. The lowest BCUT2D eigenvalue weighted by molar-refractivity contribution is -0.118. The monoisotopic (exact) mass is 294 g/mol. The van der Waals surface area contributed by atoms with Crippen molar-refractivity contribution in [2.24, 2.45) is 0 Å². The van der Waals surface area contributed by atoms with Gasteiger partial charge in [0.15, 0.2) is 0 Å². The van der Waals surface area contributed by atoms with Crippen molar-refractivity contribution in [1.82, 2.24) is 15.2 Å². The number of carbonyl (C=O) groups is 1. The molecule has 1 heterocycles. The lowest BCUT2D eigenvalue weighted by Gasteiger charge is -2.10. The number of H-pyrrole nitrogens is 1. The minimum atomic E-state index is -0.892. The van der Waals surface area contributed by atoms with Crippen LogP contribution >= 0.6 is 11.6 Å². The topological polar surface area (TPSA) is 90.9 Å². The molecule has 1 unspecified atom stereocenters. The molecule has 0 aliphatic heterocycles. The molecule has 1 amide bonds. The molecular formula is C13H15ClN4O2. The number of aromatic nitrogens is 3. The Balaban J connectivity index is 1.92. The highest BCUT2D eigenvalue weighted by atomic mass is 35.5. The fourth-order valence-corrected chi connectivity index (χ4v) is 1.79. The first-order valence-electron chi connectivity index (χ1n) is 6.23. The molecular weight excluding hydrogens is 280 g/mol. The quantitative estimate of drug-likeness (QED) is 0.787. The Morgan fingerprint density at radius 2 is 2.15 bits per heavy atom. The maximum absolute atomic E-state index is 11.8. The standard InChI is InChI=1S/C13H15ClN4O2/c1-2-11-15-13(18-17-11)16-12(20)7-10(19)8-3-5-9(14)6-4-8/h3-6,10,19H,2,7H2,1H3,(H2,15,16,17,18,20). The molecule has 1 atom stereocenters. The minimum Gasteiger partial charge on any atom is -0.388 e. The summed E-state index contributed by atoms with van der Waals surface area (Å²) in [5, 5.41) is 19.6. The number of hydrogen-bond donors (Lipinski definition) is 3. The average Bonchev–Trinajstić information content (AvgIpc) is 2.86. The van der Waals surface area contributed by atoms with Gasteiger partial charge in [-0.15, -0.1) is 5.10 Å². The van der Waals surface area contributed by atoms with Crippen LogP contribution in [0.1, 0.15) is 30.8 Å². The molecule has 0 spiro atoms. The molecule has 2 aromatic rings. The van der Waals surface area contributed by atoms with E-state index in [1.165, 1.54) is 0 Å². The molecule has 7 heteroatoms. The molecule has 1 aromatic heterocycles. The molecule has 0 bridgehead atoms. The predicted octanol–water partition coefficient (Wildman–Crippen LogP) is 2.08. The van der Waals surface area contributed by atoms with Gasteiger partial charge in [0.05, 0.1) is 12.5 Å². The Labute approximate surface area is 121 Å². The Morgan fingerprint density at radius 1 is 1.45 bits per heavy atom. The number of aliphatic hydroxyl groups excluding tert-OH is 1. The maximum atomic E-state index is 11.8. The first-order chi connectivity index (χ1) is 9.58. The van der Waals surface area contributed by atoms with E-state index in [2.05, 4.69) is 20.5 Å². The second kappa shape index (κ2) is 6.49. The number of amides is 1. The average molecular weight is 295 g/mol. The van der Waals surface area contributed by atoms with Crippen molar-refractivity contribution in [3.8, 4) is 0 Å². The van der Waals surface area contributed by atoms with Gasteiger partial charge in [-0.3, -0.25) is 15.2 Å². The number of aliphatic hydroxyl groups is 1. The third-order valence-corrected chi connectivity index (χ3v) is 3.00. The number of nitrogens with one attached hydrogen (secondary N) is 2. The second-order valence-electron chi connectivity index (χ2n) is 4.28. The van der Waals surface area contributed by atoms with Gasteiger partial charge in [-0.1, -0.05) is 30.7 Å². The zero-order valence-corrected chi connectivity index (χ0v) is 11.7. The number of rotatable bonds is 5. The summed E-state index contributed by atoms with van der Waals surface area (Å²) >= 11 is 5.76. The van der Waals surface area contributed by atoms with Crippen LogP contribution in [0.15, 0.2) is 24.3 Å². The Kier molecular flexibility index (Phi) is 4.70. The first-order valence-corrected chi connectivity index (χ1v) is 6.61. The molecule has 2 rings (SSSR count). The summed E-state index contributed by atoms with van der Waals surface area (Å²) in [6, 6.07) is 6.70. The lowest BCUT2D eigenvalue weighted by Crippen LogP contribution is -2.16. The summed E-state index contributed by atoms with van der Waals surface area (Å²) in [7, 11) is 0. The van der Waals surface area contributed by atoms with Gasteiger partial charge in [-0.05, 0) is 17.7 Å². The first kappa shape index (κ1) is 14.5. The smallest absolute Gasteiger partial charge is 0.248 e. The van der Waals surface area contributed by atoms with Crippen LogP contribution in [0.25, 0.3) is 0 Å². The van der Waals surface area contributed by atoms with Crippen molar-refractivity contribution < 1.29 is 9.90 Å². The fourth-order valence-electron chi connectivity index (χ4n) is 1.66. The molecule has 6 nitrogen and oxygen atoms in total. The van der Waals surface area contributed by atoms with Crippen LogP contribution in [0.5, 0.6) is 0 Å². The van der Waals surface area contributed by atoms with Gasteiger partial charge >= 0.3 is 0 Å². The van der Waals surface area contributed by atoms with Gasteiger partial charge < -0.3 is 5.11 Å². The van der Waals surface area contributed by atoms with Gasteiger partial charge in [0.25, 0.3) is 0 Å². The number of hydrogen-bond acceptors (Lipinski definition) is 4. The van der Waals surface area contributed by atoms with Gasteiger partial charge in [-0.2, -0.15) is 4.98 Å². The molecule has 0 radical (unpaired) electrons. The zero-order valence-electron chi connectivity index (χ0n) is 10.9. The van der Waals surface area contributed by atoms with Crippen LogP contribution in [0.2, 0.25) is 5.02 Å². The summed E-state index contributed by atoms with van der Waals surface area (Å²) in [5.74, 6) is 0.558. The van der Waals surface area contributed by atoms with Crippen LogP contribution in [0.4, 0.5) is 5.95 Å². The summed E-state index contributed by atoms with van der Waals surface area (Å²) in [6.45, 7) is 1.93. The summed E-state index contributed by atoms with van der Waals surface area (Å²) < 4.78 is 0. The Morgan fingerprint density at radius 3 is 2.75 bits per heavy atom. The van der Waals surface area contributed by atoms with Crippen molar-refractivity contribution in [1.29, 1.82) is 0 Å². The number of aryl methyl sites for hydroxylation is 1. The van der Waals surface area contributed by atoms with Gasteiger partial charge in [0.2, 0.25) is 11.9 Å². The highest BCUT2D eigenvalue weighted by Crippen LogP contribution is 2.19. The third-order valence-electron chi connectivity index (χ3n) is 2.75. The maximum Gasteiger partial charge on any atom is 0.248 e. The van der Waals surface area contributed by atoms with E-state index in [0.717, 1.165) is 0 Å². The Hall–Kier alpha value is -1.92. The van der Waals surface area contributed by atoms with E-state index in [-0.39, 0.29) is 18.3 Å². The van der Waals surface area contributed by atoms with Crippen molar-refractivity contribution >= 4 is 23.5 Å². The number of anilines is 1. The molecule has 3 N–H and O–H groups in total. The molecule has 20 heavy (non-hydrogen) atoms. The van der Waals surface area contributed by atoms with Crippen LogP contribution < -0.4 is 5.32 Å². The van der Waals surface area contributed by atoms with Crippen LogP contribution in [-0.2, 0) is 11.2 Å². The lowest BCUT2D eigenvalue weighted by atomic mass is 10.1. The molecule has 1 aromatic carbocycles. The SMILES string of the molecule is CCc1nc(NC(=O)CC(O)c2ccc(Cl)cc2)n[nH]1.